The van der Waals surface area contributed by atoms with Crippen molar-refractivity contribution >= 4 is 22.6 Å². The molecule has 0 saturated heterocycles. The molecule has 0 radical (unpaired) electrons. The average molecular weight is 358 g/mol. The van der Waals surface area contributed by atoms with Crippen LogP contribution in [-0.2, 0) is 0 Å². The molecule has 0 bridgehead atoms. The summed E-state index contributed by atoms with van der Waals surface area (Å²) in [4.78, 5) is 16.7. The molecule has 0 spiro atoms. The Hall–Kier alpha value is -3.39. The molecule has 1 heterocycles. The second kappa shape index (κ2) is 7.88. The van der Waals surface area contributed by atoms with E-state index in [1.165, 1.54) is 0 Å². The summed E-state index contributed by atoms with van der Waals surface area (Å²) in [6.45, 7) is 6.95. The first kappa shape index (κ1) is 18.4. The summed E-state index contributed by atoms with van der Waals surface area (Å²) < 4.78 is 0. The van der Waals surface area contributed by atoms with Gasteiger partial charge in [-0.2, -0.15) is 5.26 Å². The van der Waals surface area contributed by atoms with Gasteiger partial charge in [0.15, 0.2) is 0 Å². The van der Waals surface area contributed by atoms with Crippen LogP contribution in [0.4, 0.5) is 5.82 Å². The van der Waals surface area contributed by atoms with Gasteiger partial charge in [-0.15, -0.1) is 0 Å². The predicted octanol–water partition coefficient (Wildman–Crippen LogP) is 3.87. The van der Waals surface area contributed by atoms with Gasteiger partial charge in [0.05, 0.1) is 11.1 Å². The van der Waals surface area contributed by atoms with Gasteiger partial charge >= 0.3 is 0 Å². The minimum Gasteiger partial charge on any atom is -0.367 e. The quantitative estimate of drug-likeness (QED) is 0.679. The first-order valence-electron chi connectivity index (χ1n) is 8.89. The molecule has 0 aliphatic carbocycles. The van der Waals surface area contributed by atoms with E-state index in [9.17, 15) is 10.1 Å². The fraction of sp³-hybridized carbons (Fsp3) is 0.227. The highest BCUT2D eigenvalue weighted by Gasteiger charge is 2.09. The highest BCUT2D eigenvalue weighted by Crippen LogP contribution is 2.24. The van der Waals surface area contributed by atoms with Crippen LogP contribution in [0.5, 0.6) is 0 Å². The Bertz CT molecular complexity index is 1030. The van der Waals surface area contributed by atoms with Crippen molar-refractivity contribution in [3.05, 3.63) is 70.3 Å². The molecule has 5 nitrogen and oxygen atoms in total. The number of rotatable bonds is 5. The third-order valence-electron chi connectivity index (χ3n) is 4.42. The maximum absolute atomic E-state index is 12.1. The summed E-state index contributed by atoms with van der Waals surface area (Å²) in [5.41, 5.74) is 5.34. The minimum atomic E-state index is -0.116. The smallest absolute Gasteiger partial charge is 0.251 e. The lowest BCUT2D eigenvalue weighted by Gasteiger charge is -2.11. The summed E-state index contributed by atoms with van der Waals surface area (Å²) in [7, 11) is 0. The van der Waals surface area contributed by atoms with E-state index >= 15 is 0 Å². The third-order valence-corrected chi connectivity index (χ3v) is 4.42. The Kier molecular flexibility index (Phi) is 5.37. The number of nitriles is 1. The lowest BCUT2D eigenvalue weighted by Crippen LogP contribution is -2.29. The molecule has 0 aliphatic rings. The van der Waals surface area contributed by atoms with E-state index in [4.69, 9.17) is 0 Å². The number of fused-ring (bicyclic) bond motifs is 1. The van der Waals surface area contributed by atoms with Crippen LogP contribution in [0.3, 0.4) is 0 Å². The normalized spacial score (nSPS) is 10.4. The molecule has 0 fully saturated rings. The first-order valence-corrected chi connectivity index (χ1v) is 8.89. The zero-order valence-corrected chi connectivity index (χ0v) is 15.8. The number of carbonyl (C=O) groups excluding carboxylic acids is 1. The van der Waals surface area contributed by atoms with E-state index in [0.29, 0.717) is 30.0 Å². The van der Waals surface area contributed by atoms with E-state index in [-0.39, 0.29) is 5.91 Å². The van der Waals surface area contributed by atoms with Crippen LogP contribution < -0.4 is 10.6 Å². The molecule has 1 aromatic heterocycles. The number of anilines is 1. The summed E-state index contributed by atoms with van der Waals surface area (Å²) in [5.74, 6) is 0.426. The van der Waals surface area contributed by atoms with Crippen LogP contribution in [0.2, 0.25) is 0 Å². The van der Waals surface area contributed by atoms with Gasteiger partial charge in [-0.25, -0.2) is 4.98 Å². The number of amides is 1. The number of hydrogen-bond acceptors (Lipinski definition) is 4. The molecule has 0 unspecified atom stereocenters. The summed E-state index contributed by atoms with van der Waals surface area (Å²) >= 11 is 0. The van der Waals surface area contributed by atoms with E-state index in [0.717, 1.165) is 27.6 Å². The minimum absolute atomic E-state index is 0.116. The number of aromatic nitrogens is 1. The monoisotopic (exact) mass is 358 g/mol. The van der Waals surface area contributed by atoms with Crippen molar-refractivity contribution in [3.63, 3.8) is 0 Å². The Morgan fingerprint density at radius 1 is 1.04 bits per heavy atom. The number of benzene rings is 2. The number of nitrogens with one attached hydrogen (secondary N) is 2. The number of aryl methyl sites for hydroxylation is 3. The van der Waals surface area contributed by atoms with Crippen molar-refractivity contribution in [1.29, 1.82) is 5.26 Å². The Morgan fingerprint density at radius 3 is 2.48 bits per heavy atom. The largest absolute Gasteiger partial charge is 0.367 e. The van der Waals surface area contributed by atoms with Crippen molar-refractivity contribution in [2.75, 3.05) is 18.4 Å². The van der Waals surface area contributed by atoms with Gasteiger partial charge in [-0.1, -0.05) is 23.8 Å². The van der Waals surface area contributed by atoms with Crippen molar-refractivity contribution < 1.29 is 4.79 Å². The number of pyridine rings is 1. The Labute approximate surface area is 159 Å². The topological polar surface area (TPSA) is 77.8 Å². The highest BCUT2D eigenvalue weighted by atomic mass is 16.1. The Morgan fingerprint density at radius 2 is 1.78 bits per heavy atom. The highest BCUT2D eigenvalue weighted by molar-refractivity contribution is 5.94. The van der Waals surface area contributed by atoms with Crippen LogP contribution in [-0.4, -0.2) is 24.0 Å². The van der Waals surface area contributed by atoms with Crippen LogP contribution >= 0.6 is 0 Å². The van der Waals surface area contributed by atoms with Gasteiger partial charge in [0.25, 0.3) is 5.91 Å². The van der Waals surface area contributed by atoms with Gasteiger partial charge in [-0.3, -0.25) is 4.79 Å². The lowest BCUT2D eigenvalue weighted by atomic mass is 10.0. The lowest BCUT2D eigenvalue weighted by molar-refractivity contribution is 0.0955. The van der Waals surface area contributed by atoms with Gasteiger partial charge in [0.1, 0.15) is 11.9 Å². The molecule has 2 N–H and O–H groups in total. The van der Waals surface area contributed by atoms with Crippen LogP contribution in [0.1, 0.15) is 32.6 Å². The number of nitrogens with zero attached hydrogens (tertiary/aromatic N) is 2. The molecule has 27 heavy (non-hydrogen) atoms. The molecule has 3 rings (SSSR count). The SMILES string of the molecule is Cc1ccc(C(=O)NCCNc2nc3cc(C)cc(C)c3cc2C#N)cc1. The third kappa shape index (κ3) is 4.24. The summed E-state index contributed by atoms with van der Waals surface area (Å²) in [5, 5.41) is 16.5. The standard InChI is InChI=1S/C22H22N4O/c1-14-4-6-17(7-5-14)22(27)25-9-8-24-21-18(13-23)12-19-16(3)10-15(2)11-20(19)26-21/h4-7,10-12H,8-9H2,1-3H3,(H,24,26)(H,25,27). The fourth-order valence-corrected chi connectivity index (χ4v) is 3.01. The maximum atomic E-state index is 12.1. The van der Waals surface area contributed by atoms with Crippen LogP contribution in [0.25, 0.3) is 10.9 Å². The van der Waals surface area contributed by atoms with Crippen LogP contribution in [0, 0.1) is 32.1 Å². The van der Waals surface area contributed by atoms with Gasteiger partial charge in [0, 0.05) is 24.0 Å². The van der Waals surface area contributed by atoms with E-state index < -0.39 is 0 Å². The van der Waals surface area contributed by atoms with Crippen molar-refractivity contribution in [1.82, 2.24) is 10.3 Å². The molecule has 2 aromatic carbocycles. The van der Waals surface area contributed by atoms with E-state index in [1.54, 1.807) is 12.1 Å². The van der Waals surface area contributed by atoms with Crippen LogP contribution in [0.15, 0.2) is 42.5 Å². The number of hydrogen-bond donors (Lipinski definition) is 2. The van der Waals surface area contributed by atoms with Crippen molar-refractivity contribution in [3.8, 4) is 6.07 Å². The van der Waals surface area contributed by atoms with Crippen molar-refractivity contribution in [2.45, 2.75) is 20.8 Å². The predicted molar refractivity (Wildman–Crippen MR) is 108 cm³/mol. The maximum Gasteiger partial charge on any atom is 0.251 e. The van der Waals surface area contributed by atoms with Gasteiger partial charge < -0.3 is 10.6 Å². The summed E-state index contributed by atoms with van der Waals surface area (Å²) in [6, 6.07) is 15.6. The van der Waals surface area contributed by atoms with Gasteiger partial charge in [0.2, 0.25) is 0 Å². The molecule has 136 valence electrons. The second-order valence-corrected chi connectivity index (χ2v) is 6.69. The zero-order chi connectivity index (χ0) is 19.4. The molecule has 1 amide bonds. The second-order valence-electron chi connectivity index (χ2n) is 6.69. The zero-order valence-electron chi connectivity index (χ0n) is 15.8. The first-order chi connectivity index (χ1) is 13.0. The molecule has 0 aliphatic heterocycles. The van der Waals surface area contributed by atoms with E-state index in [2.05, 4.69) is 27.8 Å². The fourth-order valence-electron chi connectivity index (χ4n) is 3.01. The molecule has 3 aromatic rings. The Balaban J connectivity index is 1.67. The summed E-state index contributed by atoms with van der Waals surface area (Å²) in [6.07, 6.45) is 0. The van der Waals surface area contributed by atoms with E-state index in [1.807, 2.05) is 45.0 Å². The average Bonchev–Trinajstić information content (AvgIpc) is 2.65. The molecular weight excluding hydrogens is 336 g/mol. The van der Waals surface area contributed by atoms with Gasteiger partial charge in [-0.05, 0) is 56.2 Å². The molecule has 5 heteroatoms. The number of carbonyl (C=O) groups is 1. The molecular formula is C22H22N4O. The van der Waals surface area contributed by atoms with Crippen molar-refractivity contribution in [2.24, 2.45) is 0 Å². The molecule has 0 saturated carbocycles. The molecule has 0 atom stereocenters.